The molecular weight excluding hydrogens is 306 g/mol. The van der Waals surface area contributed by atoms with Crippen molar-refractivity contribution in [2.75, 3.05) is 17.2 Å². The lowest BCUT2D eigenvalue weighted by atomic mass is 10.1. The van der Waals surface area contributed by atoms with Crippen LogP contribution in [-0.2, 0) is 4.79 Å². The molecule has 0 aliphatic rings. The molecule has 120 valence electrons. The maximum absolute atomic E-state index is 12.1. The van der Waals surface area contributed by atoms with Gasteiger partial charge < -0.3 is 16.0 Å². The van der Waals surface area contributed by atoms with Crippen LogP contribution in [0.3, 0.4) is 0 Å². The van der Waals surface area contributed by atoms with E-state index in [4.69, 9.17) is 12.2 Å². The second-order valence-corrected chi connectivity index (χ2v) is 5.85. The molecule has 0 aliphatic heterocycles. The topological polar surface area (TPSA) is 53.2 Å². The molecule has 1 amide bonds. The Hall–Kier alpha value is -2.40. The van der Waals surface area contributed by atoms with Crippen LogP contribution in [0.1, 0.15) is 16.7 Å². The van der Waals surface area contributed by atoms with Crippen LogP contribution in [0.25, 0.3) is 0 Å². The van der Waals surface area contributed by atoms with Gasteiger partial charge in [0.2, 0.25) is 5.91 Å². The van der Waals surface area contributed by atoms with Crippen LogP contribution in [0, 0.1) is 20.8 Å². The Balaban J connectivity index is 1.87. The highest BCUT2D eigenvalue weighted by molar-refractivity contribution is 7.80. The lowest BCUT2D eigenvalue weighted by molar-refractivity contribution is -0.115. The zero-order valence-electron chi connectivity index (χ0n) is 13.6. The SMILES string of the molecule is Cc1ccccc1NC(=S)NCC(=O)Nc1c(C)cccc1C. The smallest absolute Gasteiger partial charge is 0.243 e. The second-order valence-electron chi connectivity index (χ2n) is 5.44. The van der Waals surface area contributed by atoms with Crippen molar-refractivity contribution in [1.29, 1.82) is 0 Å². The van der Waals surface area contributed by atoms with Crippen LogP contribution in [0.4, 0.5) is 11.4 Å². The fourth-order valence-corrected chi connectivity index (χ4v) is 2.42. The maximum atomic E-state index is 12.1. The summed E-state index contributed by atoms with van der Waals surface area (Å²) >= 11 is 5.23. The van der Waals surface area contributed by atoms with E-state index in [1.165, 1.54) is 0 Å². The van der Waals surface area contributed by atoms with E-state index in [0.29, 0.717) is 5.11 Å². The minimum atomic E-state index is -0.128. The van der Waals surface area contributed by atoms with Crippen LogP contribution in [-0.4, -0.2) is 17.6 Å². The van der Waals surface area contributed by atoms with Gasteiger partial charge in [-0.15, -0.1) is 0 Å². The van der Waals surface area contributed by atoms with Gasteiger partial charge in [0.15, 0.2) is 5.11 Å². The molecule has 3 N–H and O–H groups in total. The molecule has 0 atom stereocenters. The Morgan fingerprint density at radius 3 is 2.17 bits per heavy atom. The Kier molecular flexibility index (Phi) is 5.71. The molecule has 0 saturated heterocycles. The van der Waals surface area contributed by atoms with E-state index in [-0.39, 0.29) is 12.5 Å². The van der Waals surface area contributed by atoms with Crippen molar-refractivity contribution in [1.82, 2.24) is 5.32 Å². The van der Waals surface area contributed by atoms with Crippen molar-refractivity contribution in [2.45, 2.75) is 20.8 Å². The van der Waals surface area contributed by atoms with Gasteiger partial charge in [0.05, 0.1) is 6.54 Å². The summed E-state index contributed by atoms with van der Waals surface area (Å²) in [7, 11) is 0. The van der Waals surface area contributed by atoms with Gasteiger partial charge >= 0.3 is 0 Å². The first-order chi connectivity index (χ1) is 11.0. The molecule has 2 aromatic rings. The summed E-state index contributed by atoms with van der Waals surface area (Å²) in [6.45, 7) is 6.06. The maximum Gasteiger partial charge on any atom is 0.243 e. The summed E-state index contributed by atoms with van der Waals surface area (Å²) in [5.74, 6) is -0.128. The summed E-state index contributed by atoms with van der Waals surface area (Å²) in [5.41, 5.74) is 4.96. The molecule has 2 aromatic carbocycles. The average Bonchev–Trinajstić information content (AvgIpc) is 2.51. The van der Waals surface area contributed by atoms with Gasteiger partial charge in [-0.05, 0) is 55.7 Å². The van der Waals surface area contributed by atoms with E-state index >= 15 is 0 Å². The van der Waals surface area contributed by atoms with Crippen LogP contribution < -0.4 is 16.0 Å². The Morgan fingerprint density at radius 1 is 0.913 bits per heavy atom. The molecular formula is C18H21N3OS. The van der Waals surface area contributed by atoms with Crippen molar-refractivity contribution in [3.05, 3.63) is 59.2 Å². The van der Waals surface area contributed by atoms with E-state index in [0.717, 1.165) is 28.1 Å². The molecule has 0 spiro atoms. The standard InChI is InChI=1S/C18H21N3OS/c1-12-7-4-5-10-15(12)20-18(23)19-11-16(22)21-17-13(2)8-6-9-14(17)3/h4-10H,11H2,1-3H3,(H,21,22)(H2,19,20,23). The number of nitrogens with one attached hydrogen (secondary N) is 3. The first kappa shape index (κ1) is 17.0. The molecule has 0 aromatic heterocycles. The second kappa shape index (κ2) is 7.74. The third-order valence-corrected chi connectivity index (χ3v) is 3.79. The number of hydrogen-bond donors (Lipinski definition) is 3. The number of hydrogen-bond acceptors (Lipinski definition) is 2. The normalized spacial score (nSPS) is 10.0. The van der Waals surface area contributed by atoms with Gasteiger partial charge in [-0.2, -0.15) is 0 Å². The monoisotopic (exact) mass is 327 g/mol. The number of thiocarbonyl (C=S) groups is 1. The van der Waals surface area contributed by atoms with Crippen molar-refractivity contribution >= 4 is 34.6 Å². The Morgan fingerprint density at radius 2 is 1.52 bits per heavy atom. The molecule has 23 heavy (non-hydrogen) atoms. The van der Waals surface area contributed by atoms with Gasteiger partial charge in [0.1, 0.15) is 0 Å². The largest absolute Gasteiger partial charge is 0.353 e. The molecule has 0 radical (unpaired) electrons. The quantitative estimate of drug-likeness (QED) is 0.752. The molecule has 0 heterocycles. The van der Waals surface area contributed by atoms with Gasteiger partial charge in [-0.25, -0.2) is 0 Å². The van der Waals surface area contributed by atoms with Crippen LogP contribution in [0.15, 0.2) is 42.5 Å². The number of rotatable bonds is 4. The minimum absolute atomic E-state index is 0.117. The van der Waals surface area contributed by atoms with Gasteiger partial charge in [0, 0.05) is 11.4 Å². The number of amides is 1. The Labute approximate surface area is 142 Å². The Bertz CT molecular complexity index is 708. The highest BCUT2D eigenvalue weighted by atomic mass is 32.1. The van der Waals surface area contributed by atoms with Gasteiger partial charge in [0.25, 0.3) is 0 Å². The number of para-hydroxylation sites is 2. The van der Waals surface area contributed by atoms with Crippen molar-refractivity contribution in [3.8, 4) is 0 Å². The summed E-state index contributed by atoms with van der Waals surface area (Å²) in [6, 6.07) is 13.8. The number of benzene rings is 2. The van der Waals surface area contributed by atoms with Crippen molar-refractivity contribution < 1.29 is 4.79 Å². The lowest BCUT2D eigenvalue weighted by Gasteiger charge is -2.14. The van der Waals surface area contributed by atoms with Crippen molar-refractivity contribution in [3.63, 3.8) is 0 Å². The zero-order valence-corrected chi connectivity index (χ0v) is 14.4. The van der Waals surface area contributed by atoms with Crippen LogP contribution in [0.5, 0.6) is 0 Å². The highest BCUT2D eigenvalue weighted by Crippen LogP contribution is 2.19. The molecule has 4 nitrogen and oxygen atoms in total. The minimum Gasteiger partial charge on any atom is -0.353 e. The summed E-state index contributed by atoms with van der Waals surface area (Å²) < 4.78 is 0. The summed E-state index contributed by atoms with van der Waals surface area (Å²) in [5, 5.41) is 9.37. The molecule has 0 fully saturated rings. The molecule has 0 unspecified atom stereocenters. The first-order valence-corrected chi connectivity index (χ1v) is 7.84. The molecule has 0 bridgehead atoms. The van der Waals surface area contributed by atoms with E-state index < -0.39 is 0 Å². The first-order valence-electron chi connectivity index (χ1n) is 7.44. The highest BCUT2D eigenvalue weighted by Gasteiger charge is 2.08. The third-order valence-electron chi connectivity index (χ3n) is 3.55. The van der Waals surface area contributed by atoms with E-state index in [1.54, 1.807) is 0 Å². The van der Waals surface area contributed by atoms with Gasteiger partial charge in [-0.1, -0.05) is 36.4 Å². The molecule has 5 heteroatoms. The predicted octanol–water partition coefficient (Wildman–Crippen LogP) is 3.54. The summed E-state index contributed by atoms with van der Waals surface area (Å²) in [4.78, 5) is 12.1. The predicted molar refractivity (Wildman–Crippen MR) is 99.9 cm³/mol. The molecule has 0 aliphatic carbocycles. The third kappa shape index (κ3) is 4.79. The summed E-state index contributed by atoms with van der Waals surface area (Å²) in [6.07, 6.45) is 0. The van der Waals surface area contributed by atoms with Gasteiger partial charge in [-0.3, -0.25) is 4.79 Å². The lowest BCUT2D eigenvalue weighted by Crippen LogP contribution is -2.35. The molecule has 2 rings (SSSR count). The average molecular weight is 327 g/mol. The van der Waals surface area contributed by atoms with E-state index in [1.807, 2.05) is 63.2 Å². The number of aryl methyl sites for hydroxylation is 3. The zero-order chi connectivity index (χ0) is 16.8. The van der Waals surface area contributed by atoms with E-state index in [2.05, 4.69) is 16.0 Å². The fourth-order valence-electron chi connectivity index (χ4n) is 2.24. The number of carbonyl (C=O) groups excluding carboxylic acids is 1. The van der Waals surface area contributed by atoms with Crippen LogP contribution in [0.2, 0.25) is 0 Å². The number of carbonyl (C=O) groups is 1. The molecule has 0 saturated carbocycles. The van der Waals surface area contributed by atoms with Crippen molar-refractivity contribution in [2.24, 2.45) is 0 Å². The van der Waals surface area contributed by atoms with Crippen LogP contribution >= 0.6 is 12.2 Å². The fraction of sp³-hybridized carbons (Fsp3) is 0.222. The van der Waals surface area contributed by atoms with E-state index in [9.17, 15) is 4.79 Å². The number of anilines is 2.